The molecule has 0 aromatic heterocycles. The SMILES string of the molecule is NC1CCCCC1Oc1ccc([N+](=O)[O-])cc1C(F)F. The van der Waals surface area contributed by atoms with Crippen molar-refractivity contribution in [2.75, 3.05) is 0 Å². The standard InChI is InChI=1S/C13H16F2N2O3/c14-13(15)9-7-8(17(18)19)5-6-11(9)20-12-4-2-1-3-10(12)16/h5-7,10,12-13H,1-4,16H2. The van der Waals surface area contributed by atoms with E-state index in [1.165, 1.54) is 6.07 Å². The van der Waals surface area contributed by atoms with Crippen LogP contribution in [0.25, 0.3) is 0 Å². The Morgan fingerprint density at radius 2 is 2.05 bits per heavy atom. The minimum Gasteiger partial charge on any atom is -0.488 e. The Balaban J connectivity index is 2.24. The van der Waals surface area contributed by atoms with E-state index in [1.807, 2.05) is 0 Å². The lowest BCUT2D eigenvalue weighted by Crippen LogP contribution is -2.41. The van der Waals surface area contributed by atoms with Crippen molar-refractivity contribution >= 4 is 5.69 Å². The normalized spacial score (nSPS) is 22.8. The van der Waals surface area contributed by atoms with Gasteiger partial charge in [-0.3, -0.25) is 10.1 Å². The van der Waals surface area contributed by atoms with E-state index in [0.29, 0.717) is 6.42 Å². The van der Waals surface area contributed by atoms with Crippen LogP contribution in [-0.4, -0.2) is 17.1 Å². The summed E-state index contributed by atoms with van der Waals surface area (Å²) in [5.41, 5.74) is 5.07. The number of nitrogens with two attached hydrogens (primary N) is 1. The highest BCUT2D eigenvalue weighted by atomic mass is 19.3. The molecule has 110 valence electrons. The second-order valence-corrected chi connectivity index (χ2v) is 4.88. The van der Waals surface area contributed by atoms with Crippen LogP contribution in [0.15, 0.2) is 18.2 Å². The molecule has 1 saturated carbocycles. The summed E-state index contributed by atoms with van der Waals surface area (Å²) in [7, 11) is 0. The van der Waals surface area contributed by atoms with Crippen LogP contribution in [0.3, 0.4) is 0 Å². The number of rotatable bonds is 4. The Morgan fingerprint density at radius 1 is 1.35 bits per heavy atom. The minimum absolute atomic E-state index is 0.0204. The molecule has 2 rings (SSSR count). The Hall–Kier alpha value is -1.76. The molecular formula is C13H16F2N2O3. The van der Waals surface area contributed by atoms with Gasteiger partial charge in [-0.15, -0.1) is 0 Å². The highest BCUT2D eigenvalue weighted by Gasteiger charge is 2.26. The van der Waals surface area contributed by atoms with Crippen molar-refractivity contribution < 1.29 is 18.4 Å². The van der Waals surface area contributed by atoms with Gasteiger partial charge in [-0.25, -0.2) is 8.78 Å². The summed E-state index contributed by atoms with van der Waals surface area (Å²) in [5.74, 6) is -0.0204. The summed E-state index contributed by atoms with van der Waals surface area (Å²) in [5, 5.41) is 10.6. The van der Waals surface area contributed by atoms with Gasteiger partial charge in [0.25, 0.3) is 12.1 Å². The Labute approximate surface area is 114 Å². The molecule has 2 N–H and O–H groups in total. The maximum absolute atomic E-state index is 13.0. The number of hydrogen-bond donors (Lipinski definition) is 1. The fraction of sp³-hybridized carbons (Fsp3) is 0.538. The summed E-state index contributed by atoms with van der Waals surface area (Å²) in [4.78, 5) is 9.92. The van der Waals surface area contributed by atoms with Crippen LogP contribution in [-0.2, 0) is 0 Å². The Bertz CT molecular complexity index is 497. The molecule has 0 heterocycles. The van der Waals surface area contributed by atoms with Gasteiger partial charge in [0, 0.05) is 18.2 Å². The zero-order chi connectivity index (χ0) is 14.7. The third kappa shape index (κ3) is 3.22. The number of non-ortho nitro benzene ring substituents is 1. The molecule has 0 spiro atoms. The number of nitro benzene ring substituents is 1. The lowest BCUT2D eigenvalue weighted by molar-refractivity contribution is -0.385. The van der Waals surface area contributed by atoms with Gasteiger partial charge in [0.15, 0.2) is 0 Å². The lowest BCUT2D eigenvalue weighted by Gasteiger charge is -2.29. The van der Waals surface area contributed by atoms with Crippen molar-refractivity contribution in [1.82, 2.24) is 0 Å². The van der Waals surface area contributed by atoms with Crippen LogP contribution in [0.1, 0.15) is 37.7 Å². The van der Waals surface area contributed by atoms with Crippen LogP contribution >= 0.6 is 0 Å². The van der Waals surface area contributed by atoms with E-state index in [9.17, 15) is 18.9 Å². The predicted molar refractivity (Wildman–Crippen MR) is 68.9 cm³/mol. The van der Waals surface area contributed by atoms with Gasteiger partial charge >= 0.3 is 0 Å². The summed E-state index contributed by atoms with van der Waals surface area (Å²) in [6, 6.07) is 3.05. The molecule has 2 unspecified atom stereocenters. The monoisotopic (exact) mass is 286 g/mol. The fourth-order valence-corrected chi connectivity index (χ4v) is 2.36. The third-order valence-electron chi connectivity index (χ3n) is 3.47. The first-order valence-corrected chi connectivity index (χ1v) is 6.47. The van der Waals surface area contributed by atoms with E-state index in [-0.39, 0.29) is 23.6 Å². The van der Waals surface area contributed by atoms with Crippen LogP contribution in [0.5, 0.6) is 5.75 Å². The number of nitrogens with zero attached hydrogens (tertiary/aromatic N) is 1. The number of hydrogen-bond acceptors (Lipinski definition) is 4. The maximum atomic E-state index is 13.0. The molecule has 0 aliphatic heterocycles. The molecule has 5 nitrogen and oxygen atoms in total. The lowest BCUT2D eigenvalue weighted by atomic mass is 9.93. The van der Waals surface area contributed by atoms with E-state index in [0.717, 1.165) is 31.4 Å². The van der Waals surface area contributed by atoms with Crippen molar-refractivity contribution in [3.05, 3.63) is 33.9 Å². The molecular weight excluding hydrogens is 270 g/mol. The number of halogens is 2. The van der Waals surface area contributed by atoms with Crippen molar-refractivity contribution in [3.8, 4) is 5.75 Å². The molecule has 2 atom stereocenters. The Morgan fingerprint density at radius 3 is 2.65 bits per heavy atom. The van der Waals surface area contributed by atoms with E-state index < -0.39 is 16.9 Å². The van der Waals surface area contributed by atoms with E-state index >= 15 is 0 Å². The average Bonchev–Trinajstić information content (AvgIpc) is 2.41. The van der Waals surface area contributed by atoms with E-state index in [4.69, 9.17) is 10.5 Å². The first-order chi connectivity index (χ1) is 9.49. The maximum Gasteiger partial charge on any atom is 0.270 e. The van der Waals surface area contributed by atoms with Gasteiger partial charge in [-0.2, -0.15) is 0 Å². The second-order valence-electron chi connectivity index (χ2n) is 4.88. The van der Waals surface area contributed by atoms with E-state index in [1.54, 1.807) is 0 Å². The van der Waals surface area contributed by atoms with Crippen molar-refractivity contribution in [1.29, 1.82) is 0 Å². The van der Waals surface area contributed by atoms with Crippen LogP contribution in [0, 0.1) is 10.1 Å². The molecule has 0 bridgehead atoms. The largest absolute Gasteiger partial charge is 0.488 e. The van der Waals surface area contributed by atoms with Crippen LogP contribution < -0.4 is 10.5 Å². The van der Waals surface area contributed by atoms with Crippen molar-refractivity contribution in [3.63, 3.8) is 0 Å². The highest BCUT2D eigenvalue weighted by molar-refractivity contribution is 5.44. The fourth-order valence-electron chi connectivity index (χ4n) is 2.36. The first-order valence-electron chi connectivity index (χ1n) is 6.47. The molecule has 0 radical (unpaired) electrons. The molecule has 1 fully saturated rings. The van der Waals surface area contributed by atoms with Crippen LogP contribution in [0.4, 0.5) is 14.5 Å². The quantitative estimate of drug-likeness (QED) is 0.681. The molecule has 0 saturated heterocycles. The molecule has 0 amide bonds. The van der Waals surface area contributed by atoms with Gasteiger partial charge in [-0.1, -0.05) is 6.42 Å². The number of nitro groups is 1. The summed E-state index contributed by atoms with van der Waals surface area (Å²) in [6.07, 6.45) is 0.299. The molecule has 1 aliphatic rings. The minimum atomic E-state index is -2.83. The number of alkyl halides is 2. The molecule has 1 aromatic carbocycles. The number of ether oxygens (including phenoxy) is 1. The molecule has 20 heavy (non-hydrogen) atoms. The van der Waals surface area contributed by atoms with Crippen molar-refractivity contribution in [2.24, 2.45) is 5.73 Å². The van der Waals surface area contributed by atoms with Crippen LogP contribution in [0.2, 0.25) is 0 Å². The smallest absolute Gasteiger partial charge is 0.270 e. The topological polar surface area (TPSA) is 78.4 Å². The summed E-state index contributed by atoms with van der Waals surface area (Å²) >= 11 is 0. The zero-order valence-electron chi connectivity index (χ0n) is 10.8. The van der Waals surface area contributed by atoms with Gasteiger partial charge in [0.2, 0.25) is 0 Å². The summed E-state index contributed by atoms with van der Waals surface area (Å²) in [6.45, 7) is 0. The molecule has 1 aromatic rings. The van der Waals surface area contributed by atoms with Gasteiger partial charge in [0.1, 0.15) is 11.9 Å². The zero-order valence-corrected chi connectivity index (χ0v) is 10.8. The van der Waals surface area contributed by atoms with Gasteiger partial charge < -0.3 is 10.5 Å². The molecule has 1 aliphatic carbocycles. The van der Waals surface area contributed by atoms with Crippen molar-refractivity contribution in [2.45, 2.75) is 44.3 Å². The average molecular weight is 286 g/mol. The number of benzene rings is 1. The third-order valence-corrected chi connectivity index (χ3v) is 3.47. The predicted octanol–water partition coefficient (Wildman–Crippen LogP) is 3.18. The Kier molecular flexibility index (Phi) is 4.49. The van der Waals surface area contributed by atoms with E-state index in [2.05, 4.69) is 0 Å². The van der Waals surface area contributed by atoms with Gasteiger partial charge in [0.05, 0.1) is 10.5 Å². The summed E-state index contributed by atoms with van der Waals surface area (Å²) < 4.78 is 31.5. The van der Waals surface area contributed by atoms with Gasteiger partial charge in [-0.05, 0) is 25.3 Å². The molecule has 7 heteroatoms. The first kappa shape index (κ1) is 14.6. The second kappa shape index (κ2) is 6.13. The highest BCUT2D eigenvalue weighted by Crippen LogP contribution is 2.34.